The summed E-state index contributed by atoms with van der Waals surface area (Å²) in [6.45, 7) is 2.87. The minimum atomic E-state index is -0.602. The molecule has 2 heterocycles. The molecule has 0 bridgehead atoms. The number of carbonyl (C=O) groups is 3. The molecule has 0 atom stereocenters. The number of ether oxygens (including phenoxy) is 4. The quantitative estimate of drug-likeness (QED) is 0.266. The lowest BCUT2D eigenvalue weighted by Crippen LogP contribution is -2.25. The average Bonchev–Trinajstić information content (AvgIpc) is 3.58. The monoisotopic (exact) mass is 560 g/mol. The van der Waals surface area contributed by atoms with E-state index in [9.17, 15) is 14.4 Å². The fourth-order valence-electron chi connectivity index (χ4n) is 4.97. The van der Waals surface area contributed by atoms with Crippen molar-refractivity contribution < 1.29 is 42.1 Å². The van der Waals surface area contributed by atoms with Gasteiger partial charge in [0.1, 0.15) is 6.29 Å². The van der Waals surface area contributed by atoms with Gasteiger partial charge >= 0.3 is 0 Å². The Labute approximate surface area is 231 Å². The van der Waals surface area contributed by atoms with Crippen LogP contribution in [-0.4, -0.2) is 55.3 Å². The van der Waals surface area contributed by atoms with Crippen molar-refractivity contribution in [2.45, 2.75) is 65.2 Å². The van der Waals surface area contributed by atoms with Crippen molar-refractivity contribution in [2.24, 2.45) is 0 Å². The summed E-state index contributed by atoms with van der Waals surface area (Å²) in [5.41, 5.74) is 2.08. The van der Waals surface area contributed by atoms with Gasteiger partial charge in [-0.3, -0.25) is 9.59 Å². The number of nitrogens with zero attached hydrogens (tertiary/aromatic N) is 2. The van der Waals surface area contributed by atoms with Gasteiger partial charge in [-0.15, -0.1) is 0 Å². The molecule has 0 N–H and O–H groups in total. The molecule has 0 saturated carbocycles. The molecule has 11 heteroatoms. The molecule has 0 unspecified atom stereocenters. The fraction of sp³-hybridized carbons (Fsp3) is 0.483. The number of rotatable bonds is 13. The highest BCUT2D eigenvalue weighted by Crippen LogP contribution is 2.40. The van der Waals surface area contributed by atoms with E-state index in [2.05, 4.69) is 0 Å². The molecule has 4 rings (SSSR count). The Kier molecular flexibility index (Phi) is 9.44. The maximum absolute atomic E-state index is 15.4. The van der Waals surface area contributed by atoms with Crippen LogP contribution in [0.2, 0.25) is 0 Å². The minimum Gasteiger partial charge on any atom is -0.493 e. The molecule has 0 spiro atoms. The Morgan fingerprint density at radius 3 is 1.73 bits per heavy atom. The lowest BCUT2D eigenvalue weighted by atomic mass is 10.1. The second-order valence-electron chi connectivity index (χ2n) is 9.72. The lowest BCUT2D eigenvalue weighted by molar-refractivity contribution is -0.133. The van der Waals surface area contributed by atoms with E-state index in [0.717, 1.165) is 6.42 Å². The van der Waals surface area contributed by atoms with E-state index < -0.39 is 11.6 Å². The van der Waals surface area contributed by atoms with Crippen molar-refractivity contribution in [1.29, 1.82) is 0 Å². The van der Waals surface area contributed by atoms with Crippen LogP contribution in [0, 0.1) is 11.6 Å². The highest BCUT2D eigenvalue weighted by atomic mass is 19.1. The summed E-state index contributed by atoms with van der Waals surface area (Å²) >= 11 is 0. The van der Waals surface area contributed by atoms with E-state index in [1.54, 1.807) is 17.0 Å². The molecule has 9 nitrogen and oxygen atoms in total. The summed E-state index contributed by atoms with van der Waals surface area (Å²) in [6, 6.07) is 3.35. The summed E-state index contributed by atoms with van der Waals surface area (Å²) in [7, 11) is 2.82. The van der Waals surface area contributed by atoms with Crippen LogP contribution in [-0.2, 0) is 40.6 Å². The van der Waals surface area contributed by atoms with E-state index in [1.807, 2.05) is 6.92 Å². The van der Waals surface area contributed by atoms with Gasteiger partial charge < -0.3 is 33.5 Å². The van der Waals surface area contributed by atoms with Crippen molar-refractivity contribution >= 4 is 18.1 Å². The van der Waals surface area contributed by atoms with Crippen molar-refractivity contribution in [1.82, 2.24) is 9.80 Å². The van der Waals surface area contributed by atoms with Crippen LogP contribution >= 0.6 is 0 Å². The average molecular weight is 561 g/mol. The zero-order chi connectivity index (χ0) is 28.8. The van der Waals surface area contributed by atoms with E-state index in [0.29, 0.717) is 47.9 Å². The highest BCUT2D eigenvalue weighted by molar-refractivity contribution is 5.79. The van der Waals surface area contributed by atoms with Gasteiger partial charge in [0.05, 0.1) is 27.4 Å². The first kappa shape index (κ1) is 29.1. The first-order valence-electron chi connectivity index (χ1n) is 13.3. The predicted octanol–water partition coefficient (Wildman–Crippen LogP) is 4.29. The molecule has 0 aliphatic carbocycles. The topological polar surface area (TPSA) is 94.6 Å². The van der Waals surface area contributed by atoms with E-state index in [4.69, 9.17) is 18.9 Å². The summed E-state index contributed by atoms with van der Waals surface area (Å²) in [6.07, 6.45) is 2.30. The molecular formula is C29H34F2N2O7. The molecule has 216 valence electrons. The lowest BCUT2D eigenvalue weighted by Gasteiger charge is -2.16. The van der Waals surface area contributed by atoms with Crippen molar-refractivity contribution in [3.8, 4) is 23.0 Å². The Morgan fingerprint density at radius 2 is 1.30 bits per heavy atom. The number of benzene rings is 2. The Bertz CT molecular complexity index is 1280. The molecular weight excluding hydrogens is 526 g/mol. The third kappa shape index (κ3) is 5.97. The molecule has 0 fully saturated rings. The molecule has 2 aromatic carbocycles. The fourth-order valence-corrected chi connectivity index (χ4v) is 4.97. The second kappa shape index (κ2) is 13.0. The van der Waals surface area contributed by atoms with Crippen molar-refractivity contribution in [3.05, 3.63) is 46.0 Å². The van der Waals surface area contributed by atoms with Gasteiger partial charge in [0.15, 0.2) is 34.6 Å². The number of fused-ring (bicyclic) bond motifs is 2. The molecule has 0 radical (unpaired) electrons. The second-order valence-corrected chi connectivity index (χ2v) is 9.72. The number of hydrogen-bond acceptors (Lipinski definition) is 7. The van der Waals surface area contributed by atoms with E-state index >= 15 is 8.78 Å². The van der Waals surface area contributed by atoms with Crippen LogP contribution in [0.15, 0.2) is 12.1 Å². The van der Waals surface area contributed by atoms with Gasteiger partial charge in [0, 0.05) is 63.0 Å². The van der Waals surface area contributed by atoms with Gasteiger partial charge in [0.2, 0.25) is 11.8 Å². The van der Waals surface area contributed by atoms with Gasteiger partial charge in [-0.25, -0.2) is 8.78 Å². The van der Waals surface area contributed by atoms with Gasteiger partial charge in [-0.1, -0.05) is 6.92 Å². The summed E-state index contributed by atoms with van der Waals surface area (Å²) in [5, 5.41) is 0. The zero-order valence-electron chi connectivity index (χ0n) is 23.0. The number of halogens is 2. The van der Waals surface area contributed by atoms with E-state index in [1.165, 1.54) is 19.1 Å². The molecule has 2 amide bonds. The maximum atomic E-state index is 15.4. The molecule has 2 aliphatic rings. The maximum Gasteiger partial charge on any atom is 0.223 e. The first-order valence-corrected chi connectivity index (χ1v) is 13.3. The molecule has 2 aliphatic heterocycles. The smallest absolute Gasteiger partial charge is 0.223 e. The molecule has 0 aromatic heterocycles. The number of methoxy groups -OCH3 is 2. The summed E-state index contributed by atoms with van der Waals surface area (Å²) in [4.78, 5) is 38.3. The van der Waals surface area contributed by atoms with Crippen LogP contribution in [0.5, 0.6) is 23.0 Å². The van der Waals surface area contributed by atoms with Crippen LogP contribution in [0.25, 0.3) is 0 Å². The largest absolute Gasteiger partial charge is 0.493 e. The van der Waals surface area contributed by atoms with E-state index in [-0.39, 0.29) is 80.5 Å². The minimum absolute atomic E-state index is 0.0249. The van der Waals surface area contributed by atoms with Crippen molar-refractivity contribution in [2.75, 3.05) is 27.4 Å². The van der Waals surface area contributed by atoms with Crippen LogP contribution in [0.4, 0.5) is 8.78 Å². The third-order valence-electron chi connectivity index (χ3n) is 7.05. The standard InChI is InChI=1S/C29H34F2N2O7/c1-4-7-24(35)32-14-18-12-22(37-2)28(26(30)20(18)16-32)39-10-6-11-40-29-23(38-3)13-19-15-33(17-21(19)27(29)31)25(36)8-5-9-34/h9,12-13H,4-8,10-11,14-17H2,1-3H3. The summed E-state index contributed by atoms with van der Waals surface area (Å²) in [5.74, 6) is -1.07. The Hall–Kier alpha value is -3.89. The number of amides is 2. The Morgan fingerprint density at radius 1 is 0.825 bits per heavy atom. The van der Waals surface area contributed by atoms with Gasteiger partial charge in [0.25, 0.3) is 0 Å². The number of carbonyl (C=O) groups excluding carboxylic acids is 3. The number of hydrogen-bond donors (Lipinski definition) is 0. The zero-order valence-corrected chi connectivity index (χ0v) is 23.0. The molecule has 2 aromatic rings. The molecule has 40 heavy (non-hydrogen) atoms. The SMILES string of the molecule is CCCC(=O)N1Cc2cc(OC)c(OCCCOc3c(OC)cc4c(c3F)CN(C(=O)CCC=O)C4)c(F)c2C1. The van der Waals surface area contributed by atoms with Crippen LogP contribution < -0.4 is 18.9 Å². The third-order valence-corrected chi connectivity index (χ3v) is 7.05. The highest BCUT2D eigenvalue weighted by Gasteiger charge is 2.31. The van der Waals surface area contributed by atoms with Crippen LogP contribution in [0.1, 0.15) is 61.3 Å². The predicted molar refractivity (Wildman–Crippen MR) is 140 cm³/mol. The van der Waals surface area contributed by atoms with Gasteiger partial charge in [-0.05, 0) is 29.7 Å². The first-order chi connectivity index (χ1) is 19.3. The van der Waals surface area contributed by atoms with Gasteiger partial charge in [-0.2, -0.15) is 0 Å². The van der Waals surface area contributed by atoms with Crippen LogP contribution in [0.3, 0.4) is 0 Å². The number of aldehydes is 1. The normalized spacial score (nSPS) is 13.6. The van der Waals surface area contributed by atoms with Crippen molar-refractivity contribution in [3.63, 3.8) is 0 Å². The Balaban J connectivity index is 1.37. The summed E-state index contributed by atoms with van der Waals surface area (Å²) < 4.78 is 52.8. The molecule has 0 saturated heterocycles.